The molecular weight excluding hydrogens is 285 g/mol. The van der Waals surface area contributed by atoms with E-state index in [2.05, 4.69) is 21.2 Å². The first-order chi connectivity index (χ1) is 8.20. The summed E-state index contributed by atoms with van der Waals surface area (Å²) in [6.45, 7) is 2.03. The zero-order chi connectivity index (χ0) is 11.9. The standard InChI is InChI=1S/C13H15BrFNO/c14-9-1-4-12(15)11(5-9)13(7-17-8-13)6-16-10-2-3-10/h1,4-5,10,16H,2-3,6-8H2. The molecule has 2 fully saturated rings. The van der Waals surface area contributed by atoms with Gasteiger partial charge in [0.1, 0.15) is 5.82 Å². The lowest BCUT2D eigenvalue weighted by Crippen LogP contribution is -2.54. The number of hydrogen-bond acceptors (Lipinski definition) is 2. The predicted molar refractivity (Wildman–Crippen MR) is 67.6 cm³/mol. The summed E-state index contributed by atoms with van der Waals surface area (Å²) in [6.07, 6.45) is 2.50. The third-order valence-electron chi connectivity index (χ3n) is 3.56. The minimum absolute atomic E-state index is 0.130. The lowest BCUT2D eigenvalue weighted by Gasteiger charge is -2.42. The van der Waals surface area contributed by atoms with E-state index in [4.69, 9.17) is 4.74 Å². The van der Waals surface area contributed by atoms with Crippen LogP contribution in [0.1, 0.15) is 18.4 Å². The molecule has 0 amide bonds. The van der Waals surface area contributed by atoms with Crippen molar-refractivity contribution in [1.82, 2.24) is 5.32 Å². The van der Waals surface area contributed by atoms with Crippen LogP contribution in [-0.4, -0.2) is 25.8 Å². The second-order valence-electron chi connectivity index (χ2n) is 5.05. The van der Waals surface area contributed by atoms with Crippen molar-refractivity contribution in [3.63, 3.8) is 0 Å². The molecule has 1 aliphatic carbocycles. The van der Waals surface area contributed by atoms with Gasteiger partial charge in [0.25, 0.3) is 0 Å². The van der Waals surface area contributed by atoms with Gasteiger partial charge in [0.15, 0.2) is 0 Å². The molecule has 0 atom stereocenters. The Morgan fingerprint density at radius 2 is 2.18 bits per heavy atom. The minimum Gasteiger partial charge on any atom is -0.379 e. The van der Waals surface area contributed by atoms with Crippen LogP contribution in [0.5, 0.6) is 0 Å². The first-order valence-corrected chi connectivity index (χ1v) is 6.76. The Morgan fingerprint density at radius 3 is 2.76 bits per heavy atom. The molecule has 0 aromatic heterocycles. The van der Waals surface area contributed by atoms with Gasteiger partial charge in [-0.05, 0) is 31.0 Å². The smallest absolute Gasteiger partial charge is 0.127 e. The van der Waals surface area contributed by atoms with Gasteiger partial charge in [0.05, 0.1) is 18.6 Å². The number of rotatable bonds is 4. The Morgan fingerprint density at radius 1 is 1.41 bits per heavy atom. The molecule has 1 aliphatic heterocycles. The molecule has 1 saturated heterocycles. The van der Waals surface area contributed by atoms with E-state index in [1.54, 1.807) is 6.07 Å². The SMILES string of the molecule is Fc1ccc(Br)cc1C1(CNC2CC2)COC1. The van der Waals surface area contributed by atoms with E-state index in [9.17, 15) is 4.39 Å². The van der Waals surface area contributed by atoms with E-state index in [1.165, 1.54) is 18.9 Å². The minimum atomic E-state index is -0.170. The van der Waals surface area contributed by atoms with E-state index in [1.807, 2.05) is 6.07 Å². The Kier molecular flexibility index (Phi) is 2.97. The molecule has 17 heavy (non-hydrogen) atoms. The Bertz CT molecular complexity index is 429. The fourth-order valence-electron chi connectivity index (χ4n) is 2.23. The molecule has 0 spiro atoms. The molecule has 1 N–H and O–H groups in total. The molecule has 0 unspecified atom stereocenters. The first kappa shape index (κ1) is 11.6. The van der Waals surface area contributed by atoms with E-state index in [0.29, 0.717) is 19.3 Å². The highest BCUT2D eigenvalue weighted by molar-refractivity contribution is 9.10. The maximum atomic E-state index is 13.9. The molecule has 2 aliphatic rings. The normalized spacial score (nSPS) is 22.2. The summed E-state index contributed by atoms with van der Waals surface area (Å²) in [5.41, 5.74) is 0.600. The first-order valence-electron chi connectivity index (χ1n) is 5.96. The summed E-state index contributed by atoms with van der Waals surface area (Å²) in [4.78, 5) is 0. The number of halogens is 2. The van der Waals surface area contributed by atoms with Crippen LogP contribution in [0.2, 0.25) is 0 Å². The zero-order valence-electron chi connectivity index (χ0n) is 9.51. The van der Waals surface area contributed by atoms with Crippen LogP contribution < -0.4 is 5.32 Å². The van der Waals surface area contributed by atoms with Gasteiger partial charge in [-0.3, -0.25) is 0 Å². The molecule has 1 heterocycles. The average molecular weight is 300 g/mol. The van der Waals surface area contributed by atoms with E-state index < -0.39 is 0 Å². The van der Waals surface area contributed by atoms with Crippen molar-refractivity contribution in [3.05, 3.63) is 34.1 Å². The van der Waals surface area contributed by atoms with Crippen molar-refractivity contribution < 1.29 is 9.13 Å². The summed E-state index contributed by atoms with van der Waals surface area (Å²) in [5.74, 6) is -0.130. The summed E-state index contributed by atoms with van der Waals surface area (Å²) in [7, 11) is 0. The van der Waals surface area contributed by atoms with Crippen molar-refractivity contribution in [2.24, 2.45) is 0 Å². The molecule has 4 heteroatoms. The van der Waals surface area contributed by atoms with Crippen molar-refractivity contribution >= 4 is 15.9 Å². The van der Waals surface area contributed by atoms with Crippen LogP contribution >= 0.6 is 15.9 Å². The third kappa shape index (κ3) is 2.26. The maximum Gasteiger partial charge on any atom is 0.127 e. The topological polar surface area (TPSA) is 21.3 Å². The van der Waals surface area contributed by atoms with E-state index in [0.717, 1.165) is 16.6 Å². The monoisotopic (exact) mass is 299 g/mol. The van der Waals surface area contributed by atoms with Crippen LogP contribution in [0, 0.1) is 5.82 Å². The number of hydrogen-bond donors (Lipinski definition) is 1. The fraction of sp³-hybridized carbons (Fsp3) is 0.538. The van der Waals surface area contributed by atoms with Crippen LogP contribution in [0.3, 0.4) is 0 Å². The average Bonchev–Trinajstić information content (AvgIpc) is 3.05. The highest BCUT2D eigenvalue weighted by atomic mass is 79.9. The highest BCUT2D eigenvalue weighted by Crippen LogP contribution is 2.35. The molecule has 2 nitrogen and oxygen atoms in total. The lowest BCUT2D eigenvalue weighted by molar-refractivity contribution is -0.0607. The van der Waals surface area contributed by atoms with Gasteiger partial charge in [-0.15, -0.1) is 0 Å². The van der Waals surface area contributed by atoms with Crippen molar-refractivity contribution in [3.8, 4) is 0 Å². The lowest BCUT2D eigenvalue weighted by atomic mass is 9.78. The van der Waals surface area contributed by atoms with Crippen LogP contribution in [0.15, 0.2) is 22.7 Å². The third-order valence-corrected chi connectivity index (χ3v) is 4.06. The molecule has 0 bridgehead atoms. The van der Waals surface area contributed by atoms with Crippen molar-refractivity contribution in [2.45, 2.75) is 24.3 Å². The fourth-order valence-corrected chi connectivity index (χ4v) is 2.59. The number of benzene rings is 1. The molecular formula is C13H15BrFNO. The van der Waals surface area contributed by atoms with Gasteiger partial charge in [0, 0.05) is 22.6 Å². The molecule has 92 valence electrons. The van der Waals surface area contributed by atoms with Gasteiger partial charge in [-0.1, -0.05) is 15.9 Å². The van der Waals surface area contributed by atoms with Gasteiger partial charge < -0.3 is 10.1 Å². The quantitative estimate of drug-likeness (QED) is 0.923. The van der Waals surface area contributed by atoms with Gasteiger partial charge in [-0.25, -0.2) is 4.39 Å². The largest absolute Gasteiger partial charge is 0.379 e. The molecule has 1 aromatic carbocycles. The van der Waals surface area contributed by atoms with Gasteiger partial charge in [-0.2, -0.15) is 0 Å². The van der Waals surface area contributed by atoms with Crippen molar-refractivity contribution in [1.29, 1.82) is 0 Å². The molecule has 0 radical (unpaired) electrons. The number of ether oxygens (including phenoxy) is 1. The molecule has 3 rings (SSSR count). The van der Waals surface area contributed by atoms with E-state index in [-0.39, 0.29) is 11.2 Å². The Hall–Kier alpha value is -0.450. The predicted octanol–water partition coefficient (Wildman–Crippen LogP) is 2.61. The van der Waals surface area contributed by atoms with Gasteiger partial charge >= 0.3 is 0 Å². The Labute approximate surface area is 109 Å². The molecule has 1 saturated carbocycles. The van der Waals surface area contributed by atoms with Crippen LogP contribution in [-0.2, 0) is 10.2 Å². The van der Waals surface area contributed by atoms with E-state index >= 15 is 0 Å². The zero-order valence-corrected chi connectivity index (χ0v) is 11.1. The summed E-state index contributed by atoms with van der Waals surface area (Å²) >= 11 is 3.41. The maximum absolute atomic E-state index is 13.9. The summed E-state index contributed by atoms with van der Waals surface area (Å²) < 4.78 is 20.2. The van der Waals surface area contributed by atoms with Crippen LogP contribution in [0.4, 0.5) is 4.39 Å². The summed E-state index contributed by atoms with van der Waals surface area (Å²) in [5, 5.41) is 3.48. The second-order valence-corrected chi connectivity index (χ2v) is 5.97. The molecule has 1 aromatic rings. The Balaban J connectivity index is 1.84. The second kappa shape index (κ2) is 4.34. The number of nitrogens with one attached hydrogen (secondary N) is 1. The van der Waals surface area contributed by atoms with Gasteiger partial charge in [0.2, 0.25) is 0 Å². The van der Waals surface area contributed by atoms with Crippen molar-refractivity contribution in [2.75, 3.05) is 19.8 Å². The summed E-state index contributed by atoms with van der Waals surface area (Å²) in [6, 6.07) is 5.78. The van der Waals surface area contributed by atoms with Crippen LogP contribution in [0.25, 0.3) is 0 Å². The highest BCUT2D eigenvalue weighted by Gasteiger charge is 2.43.